The zero-order valence-electron chi connectivity index (χ0n) is 16.7. The van der Waals surface area contributed by atoms with E-state index in [0.29, 0.717) is 0 Å². The van der Waals surface area contributed by atoms with Crippen LogP contribution in [0.2, 0.25) is 0 Å². The fourth-order valence-corrected chi connectivity index (χ4v) is 4.17. The quantitative estimate of drug-likeness (QED) is 0.312. The molecule has 148 valence electrons. The van der Waals surface area contributed by atoms with Crippen LogP contribution in [-0.4, -0.2) is 9.78 Å². The molecule has 6 aromatic rings. The minimum Gasteiger partial charge on any atom is -0.454 e. The highest BCUT2D eigenvalue weighted by Gasteiger charge is 2.20. The summed E-state index contributed by atoms with van der Waals surface area (Å²) in [4.78, 5) is 2.28. The zero-order valence-corrected chi connectivity index (χ0v) is 16.7. The Morgan fingerprint density at radius 3 is 2.06 bits per heavy atom. The maximum Gasteiger partial charge on any atom is 0.161 e. The number of hydrogen-bond acceptors (Lipinski definition) is 3. The third-order valence-electron chi connectivity index (χ3n) is 5.50. The van der Waals surface area contributed by atoms with Crippen LogP contribution in [0.25, 0.3) is 27.6 Å². The van der Waals surface area contributed by atoms with E-state index >= 15 is 0 Å². The van der Waals surface area contributed by atoms with Crippen molar-refractivity contribution < 1.29 is 4.42 Å². The highest BCUT2D eigenvalue weighted by atomic mass is 16.3. The first-order valence-corrected chi connectivity index (χ1v) is 10.2. The number of benzene rings is 4. The first kappa shape index (κ1) is 17.5. The van der Waals surface area contributed by atoms with Crippen LogP contribution in [0.1, 0.15) is 0 Å². The molecule has 0 fully saturated rings. The maximum atomic E-state index is 6.38. The molecule has 4 heteroatoms. The van der Waals surface area contributed by atoms with Crippen LogP contribution in [0.15, 0.2) is 120 Å². The topological polar surface area (TPSA) is 34.2 Å². The number of fused-ring (bicyclic) bond motifs is 3. The van der Waals surface area contributed by atoms with Gasteiger partial charge in [0, 0.05) is 29.2 Å². The number of hydrogen-bond donors (Lipinski definition) is 0. The lowest BCUT2D eigenvalue weighted by Crippen LogP contribution is -2.09. The molecule has 0 bridgehead atoms. The highest BCUT2D eigenvalue weighted by molar-refractivity contribution is 6.14. The van der Waals surface area contributed by atoms with Gasteiger partial charge in [-0.15, -0.1) is 0 Å². The molecule has 0 saturated carbocycles. The Kier molecular flexibility index (Phi) is 4.06. The van der Waals surface area contributed by atoms with Crippen molar-refractivity contribution in [1.29, 1.82) is 0 Å². The van der Waals surface area contributed by atoms with Gasteiger partial charge in [0.15, 0.2) is 5.58 Å². The van der Waals surface area contributed by atoms with Crippen LogP contribution < -0.4 is 4.90 Å². The van der Waals surface area contributed by atoms with Crippen LogP contribution in [0.3, 0.4) is 0 Å². The molecule has 6 rings (SSSR count). The second-order valence-corrected chi connectivity index (χ2v) is 7.36. The number of furan rings is 1. The first-order chi connectivity index (χ1) is 15.4. The SMILES string of the molecule is c1ccc(N(c2ccccc2)c2cccc3oc4c(-n5cccn5)cccc4c23)cc1. The van der Waals surface area contributed by atoms with Crippen molar-refractivity contribution in [3.63, 3.8) is 0 Å². The molecule has 0 aliphatic carbocycles. The number of aromatic nitrogens is 2. The number of anilines is 3. The molecule has 0 radical (unpaired) electrons. The molecule has 0 aliphatic rings. The largest absolute Gasteiger partial charge is 0.454 e. The third-order valence-corrected chi connectivity index (χ3v) is 5.50. The Hall–Kier alpha value is -4.31. The summed E-state index contributed by atoms with van der Waals surface area (Å²) in [6, 6.07) is 35.2. The van der Waals surface area contributed by atoms with E-state index in [1.165, 1.54) is 0 Å². The number of para-hydroxylation sites is 3. The van der Waals surface area contributed by atoms with E-state index in [1.54, 1.807) is 6.20 Å². The predicted octanol–water partition coefficient (Wildman–Crippen LogP) is 7.24. The molecule has 0 aliphatic heterocycles. The zero-order chi connectivity index (χ0) is 20.6. The van der Waals surface area contributed by atoms with Crippen LogP contribution in [-0.2, 0) is 0 Å². The summed E-state index contributed by atoms with van der Waals surface area (Å²) < 4.78 is 8.23. The molecule has 2 heterocycles. The summed E-state index contributed by atoms with van der Waals surface area (Å²) >= 11 is 0. The lowest BCUT2D eigenvalue weighted by atomic mass is 10.1. The Labute approximate surface area is 179 Å². The van der Waals surface area contributed by atoms with Gasteiger partial charge in [-0.3, -0.25) is 0 Å². The van der Waals surface area contributed by atoms with Crippen molar-refractivity contribution in [2.75, 3.05) is 4.90 Å². The molecular weight excluding hydrogens is 382 g/mol. The average Bonchev–Trinajstić information content (AvgIpc) is 3.49. The standard InChI is InChI=1S/C27H19N3O/c1-3-10-20(11-4-1)30(21-12-5-2-6-13-21)23-15-8-17-25-26(23)22-14-7-16-24(27(22)31-25)29-19-9-18-28-29/h1-19H. The molecular formula is C27H19N3O. The molecule has 0 spiro atoms. The fourth-order valence-electron chi connectivity index (χ4n) is 4.17. The molecule has 4 nitrogen and oxygen atoms in total. The monoisotopic (exact) mass is 401 g/mol. The molecule has 0 atom stereocenters. The maximum absolute atomic E-state index is 6.38. The van der Waals surface area contributed by atoms with Gasteiger partial charge in [0.1, 0.15) is 11.3 Å². The summed E-state index contributed by atoms with van der Waals surface area (Å²) in [5.74, 6) is 0. The van der Waals surface area contributed by atoms with Crippen LogP contribution >= 0.6 is 0 Å². The molecule has 31 heavy (non-hydrogen) atoms. The van der Waals surface area contributed by atoms with Crippen LogP contribution in [0.5, 0.6) is 0 Å². The highest BCUT2D eigenvalue weighted by Crippen LogP contribution is 2.43. The van der Waals surface area contributed by atoms with Gasteiger partial charge in [0.25, 0.3) is 0 Å². The van der Waals surface area contributed by atoms with Crippen LogP contribution in [0.4, 0.5) is 17.1 Å². The molecule has 0 amide bonds. The fraction of sp³-hybridized carbons (Fsp3) is 0. The minimum atomic E-state index is 0.828. The van der Waals surface area contributed by atoms with Gasteiger partial charge >= 0.3 is 0 Å². The van der Waals surface area contributed by atoms with Gasteiger partial charge in [-0.2, -0.15) is 5.10 Å². The summed E-state index contributed by atoms with van der Waals surface area (Å²) in [7, 11) is 0. The molecule has 0 unspecified atom stereocenters. The Bertz CT molecular complexity index is 1430. The number of nitrogens with zero attached hydrogens (tertiary/aromatic N) is 3. The van der Waals surface area contributed by atoms with Gasteiger partial charge in [0.2, 0.25) is 0 Å². The molecule has 4 aromatic carbocycles. The van der Waals surface area contributed by atoms with Crippen molar-refractivity contribution in [3.05, 3.63) is 116 Å². The lowest BCUT2D eigenvalue weighted by Gasteiger charge is -2.26. The first-order valence-electron chi connectivity index (χ1n) is 10.2. The van der Waals surface area contributed by atoms with Gasteiger partial charge in [-0.1, -0.05) is 54.6 Å². The second-order valence-electron chi connectivity index (χ2n) is 7.36. The Morgan fingerprint density at radius 2 is 1.39 bits per heavy atom. The summed E-state index contributed by atoms with van der Waals surface area (Å²) in [5.41, 5.74) is 5.87. The van der Waals surface area contributed by atoms with Gasteiger partial charge in [0.05, 0.1) is 11.1 Å². The van der Waals surface area contributed by atoms with Crippen molar-refractivity contribution >= 4 is 39.0 Å². The third kappa shape index (κ3) is 2.89. The van der Waals surface area contributed by atoms with E-state index in [4.69, 9.17) is 4.42 Å². The smallest absolute Gasteiger partial charge is 0.161 e. The van der Waals surface area contributed by atoms with E-state index in [-0.39, 0.29) is 0 Å². The van der Waals surface area contributed by atoms with Crippen molar-refractivity contribution in [2.24, 2.45) is 0 Å². The second kappa shape index (κ2) is 7.18. The van der Waals surface area contributed by atoms with E-state index in [2.05, 4.69) is 76.7 Å². The van der Waals surface area contributed by atoms with E-state index in [1.807, 2.05) is 47.3 Å². The van der Waals surface area contributed by atoms with Gasteiger partial charge < -0.3 is 9.32 Å². The van der Waals surface area contributed by atoms with Crippen molar-refractivity contribution in [1.82, 2.24) is 9.78 Å². The minimum absolute atomic E-state index is 0.828. The average molecular weight is 401 g/mol. The number of rotatable bonds is 4. The molecule has 0 N–H and O–H groups in total. The summed E-state index contributed by atoms with van der Waals surface area (Å²) in [6.45, 7) is 0. The van der Waals surface area contributed by atoms with Gasteiger partial charge in [-0.25, -0.2) is 4.68 Å². The predicted molar refractivity (Wildman–Crippen MR) is 126 cm³/mol. The van der Waals surface area contributed by atoms with Crippen LogP contribution in [0, 0.1) is 0 Å². The Balaban J connectivity index is 1.67. The summed E-state index contributed by atoms with van der Waals surface area (Å²) in [5, 5.41) is 6.55. The van der Waals surface area contributed by atoms with E-state index in [9.17, 15) is 0 Å². The normalized spacial score (nSPS) is 11.2. The lowest BCUT2D eigenvalue weighted by molar-refractivity contribution is 0.662. The summed E-state index contributed by atoms with van der Waals surface area (Å²) in [6.07, 6.45) is 3.71. The molecule has 2 aromatic heterocycles. The Morgan fingerprint density at radius 1 is 0.677 bits per heavy atom. The van der Waals surface area contributed by atoms with Gasteiger partial charge in [-0.05, 0) is 48.5 Å². The van der Waals surface area contributed by atoms with Crippen molar-refractivity contribution in [2.45, 2.75) is 0 Å². The van der Waals surface area contributed by atoms with E-state index in [0.717, 1.165) is 44.7 Å². The molecule has 0 saturated heterocycles. The van der Waals surface area contributed by atoms with E-state index < -0.39 is 0 Å². The van der Waals surface area contributed by atoms with Crippen molar-refractivity contribution in [3.8, 4) is 5.69 Å².